The largest absolute Gasteiger partial charge is 0.478 e. The smallest absolute Gasteiger partial charge is 0.416 e. The predicted molar refractivity (Wildman–Crippen MR) is 84.9 cm³/mol. The van der Waals surface area contributed by atoms with E-state index in [1.165, 1.54) is 23.0 Å². The van der Waals surface area contributed by atoms with E-state index < -0.39 is 17.7 Å². The highest BCUT2D eigenvalue weighted by molar-refractivity contribution is 9.10. The zero-order valence-corrected chi connectivity index (χ0v) is 13.6. The van der Waals surface area contributed by atoms with E-state index in [2.05, 4.69) is 21.0 Å². The minimum atomic E-state index is -4.43. The van der Waals surface area contributed by atoms with E-state index in [1.54, 1.807) is 12.1 Å². The van der Waals surface area contributed by atoms with Crippen LogP contribution < -0.4 is 0 Å². The quantitative estimate of drug-likeness (QED) is 0.703. The van der Waals surface area contributed by atoms with Crippen molar-refractivity contribution in [2.45, 2.75) is 12.7 Å². The molecule has 1 aromatic heterocycles. The van der Waals surface area contributed by atoms with Crippen LogP contribution in [-0.4, -0.2) is 20.9 Å². The molecule has 0 fully saturated rings. The fourth-order valence-corrected chi connectivity index (χ4v) is 2.97. The second-order valence-electron chi connectivity index (χ2n) is 5.20. The van der Waals surface area contributed by atoms with Gasteiger partial charge in [-0.25, -0.2) is 4.79 Å². The molecule has 0 radical (unpaired) electrons. The van der Waals surface area contributed by atoms with Crippen molar-refractivity contribution in [1.82, 2.24) is 9.78 Å². The van der Waals surface area contributed by atoms with Gasteiger partial charge in [-0.1, -0.05) is 28.1 Å². The van der Waals surface area contributed by atoms with Crippen LogP contribution in [0, 0.1) is 0 Å². The lowest BCUT2D eigenvalue weighted by molar-refractivity contribution is -0.137. The molecule has 0 aliphatic rings. The Morgan fingerprint density at radius 2 is 2.00 bits per heavy atom. The van der Waals surface area contributed by atoms with E-state index in [-0.39, 0.29) is 12.1 Å². The maximum atomic E-state index is 12.8. The van der Waals surface area contributed by atoms with Gasteiger partial charge in [-0.2, -0.15) is 18.3 Å². The number of hydrogen-bond donors (Lipinski definition) is 1. The van der Waals surface area contributed by atoms with Crippen molar-refractivity contribution in [1.29, 1.82) is 0 Å². The van der Waals surface area contributed by atoms with Crippen molar-refractivity contribution in [3.8, 4) is 0 Å². The fourth-order valence-electron chi connectivity index (χ4n) is 2.50. The molecular formula is C16H10BrF3N2O2. The monoisotopic (exact) mass is 398 g/mol. The van der Waals surface area contributed by atoms with Crippen molar-refractivity contribution in [2.75, 3.05) is 0 Å². The van der Waals surface area contributed by atoms with Crippen LogP contribution >= 0.6 is 15.9 Å². The van der Waals surface area contributed by atoms with Gasteiger partial charge in [0, 0.05) is 9.86 Å². The molecule has 0 unspecified atom stereocenters. The fraction of sp³-hybridized carbons (Fsp3) is 0.125. The minimum Gasteiger partial charge on any atom is -0.478 e. The van der Waals surface area contributed by atoms with Gasteiger partial charge >= 0.3 is 12.1 Å². The average Bonchev–Trinajstić information content (AvgIpc) is 2.88. The molecule has 0 atom stereocenters. The molecule has 3 rings (SSSR count). The number of carbonyl (C=O) groups is 1. The van der Waals surface area contributed by atoms with Crippen molar-refractivity contribution in [3.63, 3.8) is 0 Å². The molecule has 0 amide bonds. The van der Waals surface area contributed by atoms with Gasteiger partial charge in [0.15, 0.2) is 0 Å². The number of aromatic carboxylic acids is 1. The Balaban J connectivity index is 2.07. The predicted octanol–water partition coefficient (Wildman–Crippen LogP) is 4.56. The van der Waals surface area contributed by atoms with Gasteiger partial charge in [0.05, 0.1) is 29.4 Å². The van der Waals surface area contributed by atoms with Gasteiger partial charge in [0.2, 0.25) is 0 Å². The summed E-state index contributed by atoms with van der Waals surface area (Å²) in [6.07, 6.45) is -2.95. The summed E-state index contributed by atoms with van der Waals surface area (Å²) in [5, 5.41) is 14.1. The topological polar surface area (TPSA) is 55.1 Å². The normalized spacial score (nSPS) is 11.8. The summed E-state index contributed by atoms with van der Waals surface area (Å²) in [5.41, 5.74) is 0.0266. The molecule has 124 valence electrons. The van der Waals surface area contributed by atoms with Gasteiger partial charge in [-0.05, 0) is 29.8 Å². The Bertz CT molecular complexity index is 935. The highest BCUT2D eigenvalue weighted by atomic mass is 79.9. The number of nitrogens with zero attached hydrogens (tertiary/aromatic N) is 2. The Hall–Kier alpha value is -2.35. The summed E-state index contributed by atoms with van der Waals surface area (Å²) < 4.78 is 40.4. The third-order valence-electron chi connectivity index (χ3n) is 3.52. The van der Waals surface area contributed by atoms with Gasteiger partial charge in [0.25, 0.3) is 0 Å². The van der Waals surface area contributed by atoms with Gasteiger partial charge < -0.3 is 5.11 Å². The summed E-state index contributed by atoms with van der Waals surface area (Å²) in [6.45, 7) is 0.0370. The van der Waals surface area contributed by atoms with Crippen molar-refractivity contribution >= 4 is 32.8 Å². The van der Waals surface area contributed by atoms with E-state index in [1.807, 2.05) is 0 Å². The molecule has 0 aliphatic carbocycles. The van der Waals surface area contributed by atoms with Crippen LogP contribution in [0.5, 0.6) is 0 Å². The number of alkyl halides is 3. The number of hydrogen-bond acceptors (Lipinski definition) is 2. The molecule has 8 heteroatoms. The SMILES string of the molecule is O=C(O)c1cc(Br)cc2cnn(Cc3cccc(C(F)(F)F)c3)c12. The van der Waals surface area contributed by atoms with E-state index in [0.29, 0.717) is 20.9 Å². The highest BCUT2D eigenvalue weighted by Gasteiger charge is 2.30. The number of halogens is 4. The van der Waals surface area contributed by atoms with Crippen LogP contribution in [0.1, 0.15) is 21.5 Å². The molecule has 24 heavy (non-hydrogen) atoms. The molecule has 4 nitrogen and oxygen atoms in total. The van der Waals surface area contributed by atoms with Crippen LogP contribution in [-0.2, 0) is 12.7 Å². The lowest BCUT2D eigenvalue weighted by Gasteiger charge is -2.10. The second-order valence-corrected chi connectivity index (χ2v) is 6.11. The van der Waals surface area contributed by atoms with Gasteiger partial charge in [0.1, 0.15) is 0 Å². The maximum Gasteiger partial charge on any atom is 0.416 e. The summed E-state index contributed by atoms with van der Waals surface area (Å²) in [4.78, 5) is 11.4. The number of fused-ring (bicyclic) bond motifs is 1. The molecule has 0 spiro atoms. The third-order valence-corrected chi connectivity index (χ3v) is 3.97. The van der Waals surface area contributed by atoms with Crippen molar-refractivity contribution in [2.24, 2.45) is 0 Å². The standard InChI is InChI=1S/C16H10BrF3N2O2/c17-12-5-10-7-21-22(14(10)13(6-12)15(23)24)8-9-2-1-3-11(4-9)16(18,19)20/h1-7H,8H2,(H,23,24). The van der Waals surface area contributed by atoms with Gasteiger partial charge in [-0.15, -0.1) is 0 Å². The molecular weight excluding hydrogens is 389 g/mol. The number of benzene rings is 2. The minimum absolute atomic E-state index is 0.0313. The van der Waals surface area contributed by atoms with Crippen LogP contribution in [0.25, 0.3) is 10.9 Å². The lowest BCUT2D eigenvalue weighted by atomic mass is 10.1. The van der Waals surface area contributed by atoms with E-state index >= 15 is 0 Å². The summed E-state index contributed by atoms with van der Waals surface area (Å²) in [6, 6.07) is 8.03. The summed E-state index contributed by atoms with van der Waals surface area (Å²) in [7, 11) is 0. The Morgan fingerprint density at radius 1 is 1.25 bits per heavy atom. The number of rotatable bonds is 3. The molecule has 2 aromatic carbocycles. The molecule has 0 saturated heterocycles. The molecule has 1 N–H and O–H groups in total. The zero-order chi connectivity index (χ0) is 17.5. The molecule has 3 aromatic rings. The Labute approximate surface area is 142 Å². The van der Waals surface area contributed by atoms with Crippen LogP contribution in [0.4, 0.5) is 13.2 Å². The summed E-state index contributed by atoms with van der Waals surface area (Å²) >= 11 is 3.23. The van der Waals surface area contributed by atoms with Crippen LogP contribution in [0.15, 0.2) is 47.1 Å². The molecule has 0 bridgehead atoms. The second kappa shape index (κ2) is 5.94. The first-order valence-electron chi connectivity index (χ1n) is 6.80. The lowest BCUT2D eigenvalue weighted by Crippen LogP contribution is -2.09. The van der Waals surface area contributed by atoms with Crippen molar-refractivity contribution in [3.05, 3.63) is 63.8 Å². The first-order chi connectivity index (χ1) is 11.3. The first-order valence-corrected chi connectivity index (χ1v) is 7.59. The molecule has 0 saturated carbocycles. The summed E-state index contributed by atoms with van der Waals surface area (Å²) in [5.74, 6) is -1.13. The van der Waals surface area contributed by atoms with E-state index in [0.717, 1.165) is 12.1 Å². The Morgan fingerprint density at radius 3 is 2.67 bits per heavy atom. The van der Waals surface area contributed by atoms with E-state index in [4.69, 9.17) is 0 Å². The Kier molecular flexibility index (Phi) is 4.08. The van der Waals surface area contributed by atoms with Crippen LogP contribution in [0.3, 0.4) is 0 Å². The first kappa shape index (κ1) is 16.5. The zero-order valence-electron chi connectivity index (χ0n) is 12.0. The third kappa shape index (κ3) is 3.14. The maximum absolute atomic E-state index is 12.8. The highest BCUT2D eigenvalue weighted by Crippen LogP contribution is 2.30. The van der Waals surface area contributed by atoms with E-state index in [9.17, 15) is 23.1 Å². The molecule has 1 heterocycles. The number of carboxylic acids is 1. The van der Waals surface area contributed by atoms with Crippen molar-refractivity contribution < 1.29 is 23.1 Å². The van der Waals surface area contributed by atoms with Crippen LogP contribution in [0.2, 0.25) is 0 Å². The number of aromatic nitrogens is 2. The number of carboxylic acid groups (broad SMARTS) is 1. The van der Waals surface area contributed by atoms with Gasteiger partial charge in [-0.3, -0.25) is 4.68 Å². The molecule has 0 aliphatic heterocycles. The average molecular weight is 399 g/mol.